The zero-order chi connectivity index (χ0) is 18.4. The number of furan rings is 1. The van der Waals surface area contributed by atoms with Crippen LogP contribution in [-0.2, 0) is 7.05 Å². The molecule has 0 amide bonds. The molecule has 3 heteroatoms. The van der Waals surface area contributed by atoms with Crippen LogP contribution in [0.5, 0.6) is 0 Å². The van der Waals surface area contributed by atoms with Crippen molar-refractivity contribution in [3.8, 4) is 22.4 Å². The van der Waals surface area contributed by atoms with Crippen LogP contribution < -0.4 is 4.57 Å². The maximum Gasteiger partial charge on any atom is 0.220 e. The van der Waals surface area contributed by atoms with E-state index in [-0.39, 0.29) is 0 Å². The zero-order valence-corrected chi connectivity index (χ0v) is 15.3. The van der Waals surface area contributed by atoms with Crippen LogP contribution in [0.2, 0.25) is 0 Å². The predicted octanol–water partition coefficient (Wildman–Crippen LogP) is 5.45. The summed E-state index contributed by atoms with van der Waals surface area (Å²) in [5.74, 6) is 0. The molecule has 130 valence electrons. The van der Waals surface area contributed by atoms with E-state index in [4.69, 9.17) is 4.42 Å². The van der Waals surface area contributed by atoms with Crippen molar-refractivity contribution in [1.29, 1.82) is 0 Å². The van der Waals surface area contributed by atoms with Crippen LogP contribution in [0, 0.1) is 6.92 Å². The fourth-order valence-electron chi connectivity index (χ4n) is 3.80. The Morgan fingerprint density at radius 2 is 1.85 bits per heavy atom. The molecule has 0 N–H and O–H groups in total. The Labute approximate surface area is 157 Å². The number of pyridine rings is 2. The fourth-order valence-corrected chi connectivity index (χ4v) is 3.80. The minimum absolute atomic E-state index is 0.916. The molecule has 0 unspecified atom stereocenters. The highest BCUT2D eigenvalue weighted by Crippen LogP contribution is 2.33. The Bertz CT molecular complexity index is 1290. The number of fused-ring (bicyclic) bond motifs is 2. The lowest BCUT2D eigenvalue weighted by atomic mass is 9.96. The molecule has 0 aliphatic rings. The average Bonchev–Trinajstić information content (AvgIpc) is 3.15. The molecule has 3 aromatic heterocycles. The molecule has 0 bridgehead atoms. The van der Waals surface area contributed by atoms with Gasteiger partial charge in [0.1, 0.15) is 12.6 Å². The minimum Gasteiger partial charge on any atom is -0.464 e. The van der Waals surface area contributed by atoms with Crippen LogP contribution in [0.25, 0.3) is 44.1 Å². The van der Waals surface area contributed by atoms with E-state index in [1.807, 2.05) is 18.3 Å². The molecule has 0 radical (unpaired) electrons. The summed E-state index contributed by atoms with van der Waals surface area (Å²) in [7, 11) is 2.09. The minimum atomic E-state index is 0.916. The van der Waals surface area contributed by atoms with Gasteiger partial charge in [-0.3, -0.25) is 4.98 Å². The summed E-state index contributed by atoms with van der Waals surface area (Å²) in [4.78, 5) is 4.24. The fraction of sp³-hybridized carbons (Fsp3) is 0.0833. The number of hydrogen-bond acceptors (Lipinski definition) is 2. The van der Waals surface area contributed by atoms with Gasteiger partial charge in [-0.2, -0.15) is 0 Å². The first-order chi connectivity index (χ1) is 13.2. The molecule has 0 saturated carbocycles. The summed E-state index contributed by atoms with van der Waals surface area (Å²) in [6.45, 7) is 2.16. The van der Waals surface area contributed by atoms with Gasteiger partial charge < -0.3 is 4.42 Å². The van der Waals surface area contributed by atoms with Crippen molar-refractivity contribution in [3.63, 3.8) is 0 Å². The summed E-state index contributed by atoms with van der Waals surface area (Å²) < 4.78 is 7.83. The first-order valence-corrected chi connectivity index (χ1v) is 9.02. The van der Waals surface area contributed by atoms with Gasteiger partial charge >= 0.3 is 0 Å². The molecular weight excluding hydrogens is 332 g/mol. The molecule has 2 aromatic carbocycles. The Morgan fingerprint density at radius 1 is 0.926 bits per heavy atom. The van der Waals surface area contributed by atoms with Crippen LogP contribution >= 0.6 is 0 Å². The Morgan fingerprint density at radius 3 is 2.70 bits per heavy atom. The van der Waals surface area contributed by atoms with E-state index < -0.39 is 0 Å². The number of aryl methyl sites for hydroxylation is 2. The highest BCUT2D eigenvalue weighted by molar-refractivity contribution is 5.97. The molecule has 5 aromatic rings. The molecule has 3 nitrogen and oxygen atoms in total. The second kappa shape index (κ2) is 6.06. The van der Waals surface area contributed by atoms with Crippen molar-refractivity contribution in [2.75, 3.05) is 0 Å². The second-order valence-corrected chi connectivity index (χ2v) is 6.94. The lowest BCUT2D eigenvalue weighted by Gasteiger charge is -2.09. The monoisotopic (exact) mass is 351 g/mol. The van der Waals surface area contributed by atoms with Gasteiger partial charge in [0.15, 0.2) is 6.20 Å². The number of benzene rings is 2. The van der Waals surface area contributed by atoms with E-state index in [9.17, 15) is 0 Å². The summed E-state index contributed by atoms with van der Waals surface area (Å²) in [5, 5.41) is 3.57. The van der Waals surface area contributed by atoms with Crippen LogP contribution in [0.4, 0.5) is 0 Å². The van der Waals surface area contributed by atoms with Crippen molar-refractivity contribution in [3.05, 3.63) is 85.0 Å². The van der Waals surface area contributed by atoms with E-state index in [2.05, 4.69) is 72.2 Å². The largest absolute Gasteiger partial charge is 0.464 e. The van der Waals surface area contributed by atoms with Crippen LogP contribution in [0.1, 0.15) is 5.56 Å². The number of aromatic nitrogens is 2. The van der Waals surface area contributed by atoms with Gasteiger partial charge in [0.25, 0.3) is 0 Å². The third kappa shape index (κ3) is 2.59. The Balaban J connectivity index is 1.76. The average molecular weight is 351 g/mol. The predicted molar refractivity (Wildman–Crippen MR) is 108 cm³/mol. The first kappa shape index (κ1) is 15.8. The molecule has 0 saturated heterocycles. The van der Waals surface area contributed by atoms with E-state index in [1.165, 1.54) is 33.2 Å². The van der Waals surface area contributed by atoms with E-state index >= 15 is 0 Å². The second-order valence-electron chi connectivity index (χ2n) is 6.94. The Kier molecular flexibility index (Phi) is 3.54. The molecule has 5 rings (SSSR count). The van der Waals surface area contributed by atoms with Gasteiger partial charge in [0.05, 0.1) is 17.2 Å². The van der Waals surface area contributed by atoms with Crippen LogP contribution in [0.15, 0.2) is 83.9 Å². The molecule has 0 fully saturated rings. The van der Waals surface area contributed by atoms with Gasteiger partial charge in [-0.15, -0.1) is 0 Å². The van der Waals surface area contributed by atoms with Crippen LogP contribution in [-0.4, -0.2) is 4.98 Å². The topological polar surface area (TPSA) is 29.9 Å². The standard InChI is InChI=1S/C24H19N2O/c1-16-12-19-8-11-27-23(19)14-22(16)24-21-6-5-17(20-4-3-9-25-15-20)13-18(21)7-10-26(24)2/h3-15H,1-2H3/q+1. The summed E-state index contributed by atoms with van der Waals surface area (Å²) in [6, 6.07) is 19.2. The van der Waals surface area contributed by atoms with Crippen molar-refractivity contribution >= 4 is 21.7 Å². The van der Waals surface area contributed by atoms with Crippen LogP contribution in [0.3, 0.4) is 0 Å². The maximum absolute atomic E-state index is 5.65. The lowest BCUT2D eigenvalue weighted by Crippen LogP contribution is -2.30. The Hall–Kier alpha value is -3.46. The van der Waals surface area contributed by atoms with Crippen molar-refractivity contribution in [2.24, 2.45) is 7.05 Å². The van der Waals surface area contributed by atoms with E-state index in [0.717, 1.165) is 16.5 Å². The van der Waals surface area contributed by atoms with Gasteiger partial charge in [-0.05, 0) is 59.8 Å². The van der Waals surface area contributed by atoms with Gasteiger partial charge in [0, 0.05) is 29.4 Å². The molecule has 0 aliphatic carbocycles. The molecular formula is C24H19N2O+. The number of nitrogens with zero attached hydrogens (tertiary/aromatic N) is 2. The van der Waals surface area contributed by atoms with Gasteiger partial charge in [-0.25, -0.2) is 4.57 Å². The highest BCUT2D eigenvalue weighted by atomic mass is 16.3. The van der Waals surface area contributed by atoms with Crippen molar-refractivity contribution in [1.82, 2.24) is 4.98 Å². The maximum atomic E-state index is 5.65. The zero-order valence-electron chi connectivity index (χ0n) is 15.3. The quantitative estimate of drug-likeness (QED) is 0.396. The lowest BCUT2D eigenvalue weighted by molar-refractivity contribution is -0.659. The first-order valence-electron chi connectivity index (χ1n) is 9.02. The van der Waals surface area contributed by atoms with E-state index in [1.54, 1.807) is 12.5 Å². The number of hydrogen-bond donors (Lipinski definition) is 0. The van der Waals surface area contributed by atoms with E-state index in [0.29, 0.717) is 0 Å². The van der Waals surface area contributed by atoms with Gasteiger partial charge in [0.2, 0.25) is 5.69 Å². The van der Waals surface area contributed by atoms with Crippen molar-refractivity contribution in [2.45, 2.75) is 6.92 Å². The third-order valence-corrected chi connectivity index (χ3v) is 5.19. The summed E-state index contributed by atoms with van der Waals surface area (Å²) in [6.07, 6.45) is 7.57. The normalized spacial score (nSPS) is 11.3. The number of rotatable bonds is 2. The van der Waals surface area contributed by atoms with Gasteiger partial charge in [-0.1, -0.05) is 12.1 Å². The molecule has 3 heterocycles. The molecule has 0 spiro atoms. The summed E-state index contributed by atoms with van der Waals surface area (Å²) in [5.41, 5.74) is 6.85. The smallest absolute Gasteiger partial charge is 0.220 e. The molecule has 27 heavy (non-hydrogen) atoms. The molecule has 0 atom stereocenters. The molecule has 0 aliphatic heterocycles. The summed E-state index contributed by atoms with van der Waals surface area (Å²) >= 11 is 0. The highest BCUT2D eigenvalue weighted by Gasteiger charge is 2.18. The third-order valence-electron chi connectivity index (χ3n) is 5.19. The SMILES string of the molecule is Cc1cc2ccoc2cc1-c1c2ccc(-c3cccnc3)cc2cc[n+]1C. The van der Waals surface area contributed by atoms with Crippen molar-refractivity contribution < 1.29 is 8.98 Å².